The van der Waals surface area contributed by atoms with E-state index < -0.39 is 11.3 Å². The second kappa shape index (κ2) is 9.29. The number of halogens is 1. The SMILES string of the molecule is Cn1cnc2c(Oc3ccc(NC(=O)c4cn(-c5ccc(F)cc5)c5ccccc5c4=O)cc3)ccnc21. The van der Waals surface area contributed by atoms with Gasteiger partial charge in [-0.25, -0.2) is 14.4 Å². The molecule has 0 spiro atoms. The Kier molecular flexibility index (Phi) is 5.65. The van der Waals surface area contributed by atoms with Gasteiger partial charge in [0.25, 0.3) is 5.91 Å². The second-order valence-electron chi connectivity index (χ2n) is 8.65. The van der Waals surface area contributed by atoms with Crippen molar-refractivity contribution in [3.05, 3.63) is 119 Å². The summed E-state index contributed by atoms with van der Waals surface area (Å²) in [6.45, 7) is 0. The molecular formula is C29H20FN5O3. The van der Waals surface area contributed by atoms with Gasteiger partial charge in [-0.1, -0.05) is 12.1 Å². The van der Waals surface area contributed by atoms with Crippen molar-refractivity contribution in [2.24, 2.45) is 7.05 Å². The highest BCUT2D eigenvalue weighted by Gasteiger charge is 2.17. The van der Waals surface area contributed by atoms with E-state index in [2.05, 4.69) is 15.3 Å². The van der Waals surface area contributed by atoms with E-state index in [1.165, 1.54) is 18.3 Å². The van der Waals surface area contributed by atoms with Crippen LogP contribution in [0.25, 0.3) is 27.8 Å². The standard InChI is InChI=1S/C29H20FN5O3/c1-34-17-32-26-25(14-15-31-28(26)34)38-21-12-8-19(9-13-21)33-29(37)23-16-35(20-10-6-18(30)7-11-20)24-5-3-2-4-22(24)27(23)36/h2-17H,1H3,(H,33,37). The number of fused-ring (bicyclic) bond motifs is 2. The van der Waals surface area contributed by atoms with Crippen LogP contribution in [-0.2, 0) is 7.05 Å². The van der Waals surface area contributed by atoms with E-state index in [-0.39, 0.29) is 11.4 Å². The minimum Gasteiger partial charge on any atom is -0.455 e. The number of amides is 1. The summed E-state index contributed by atoms with van der Waals surface area (Å²) in [4.78, 5) is 35.0. The van der Waals surface area contributed by atoms with Gasteiger partial charge in [0, 0.05) is 42.3 Å². The lowest BCUT2D eigenvalue weighted by atomic mass is 10.1. The maximum atomic E-state index is 13.5. The summed E-state index contributed by atoms with van der Waals surface area (Å²) in [5.41, 5.74) is 2.63. The van der Waals surface area contributed by atoms with Crippen LogP contribution in [-0.4, -0.2) is 25.0 Å². The topological polar surface area (TPSA) is 91.0 Å². The van der Waals surface area contributed by atoms with Crippen LogP contribution in [0.5, 0.6) is 11.5 Å². The lowest BCUT2D eigenvalue weighted by Gasteiger charge is -2.14. The third-order valence-corrected chi connectivity index (χ3v) is 6.16. The third kappa shape index (κ3) is 4.16. The first kappa shape index (κ1) is 23.1. The van der Waals surface area contributed by atoms with Crippen LogP contribution in [0.4, 0.5) is 10.1 Å². The van der Waals surface area contributed by atoms with Gasteiger partial charge in [0.1, 0.15) is 17.1 Å². The number of ether oxygens (including phenoxy) is 1. The first-order valence-corrected chi connectivity index (χ1v) is 11.7. The van der Waals surface area contributed by atoms with E-state index in [4.69, 9.17) is 4.74 Å². The molecule has 0 aliphatic heterocycles. The summed E-state index contributed by atoms with van der Waals surface area (Å²) in [7, 11) is 1.85. The van der Waals surface area contributed by atoms with Crippen LogP contribution in [0, 0.1) is 5.82 Å². The number of carbonyl (C=O) groups is 1. The molecule has 0 saturated carbocycles. The fraction of sp³-hybridized carbons (Fsp3) is 0.0345. The number of pyridine rings is 2. The normalized spacial score (nSPS) is 11.1. The van der Waals surface area contributed by atoms with E-state index in [0.29, 0.717) is 44.9 Å². The fourth-order valence-electron chi connectivity index (χ4n) is 4.27. The summed E-state index contributed by atoms with van der Waals surface area (Å²) in [6.07, 6.45) is 4.79. The molecule has 0 atom stereocenters. The number of hydrogen-bond acceptors (Lipinski definition) is 5. The zero-order valence-corrected chi connectivity index (χ0v) is 20.1. The molecule has 0 aliphatic rings. The van der Waals surface area contributed by atoms with E-state index in [1.54, 1.807) is 88.4 Å². The van der Waals surface area contributed by atoms with Gasteiger partial charge in [-0.05, 0) is 60.7 Å². The molecule has 6 rings (SSSR count). The van der Waals surface area contributed by atoms with Crippen molar-refractivity contribution < 1.29 is 13.9 Å². The number of anilines is 1. The molecule has 3 aromatic carbocycles. The van der Waals surface area contributed by atoms with Gasteiger partial charge in [0.2, 0.25) is 5.43 Å². The molecule has 0 saturated heterocycles. The molecule has 0 fully saturated rings. The number of imidazole rings is 1. The number of aromatic nitrogens is 4. The first-order chi connectivity index (χ1) is 18.5. The largest absolute Gasteiger partial charge is 0.455 e. The van der Waals surface area contributed by atoms with Crippen molar-refractivity contribution in [2.75, 3.05) is 5.32 Å². The van der Waals surface area contributed by atoms with Crippen molar-refractivity contribution in [2.45, 2.75) is 0 Å². The van der Waals surface area contributed by atoms with Crippen molar-refractivity contribution in [1.82, 2.24) is 19.1 Å². The van der Waals surface area contributed by atoms with Crippen LogP contribution in [0.15, 0.2) is 102 Å². The predicted octanol–water partition coefficient (Wildman–Crippen LogP) is 5.46. The summed E-state index contributed by atoms with van der Waals surface area (Å²) in [5.74, 6) is 0.169. The summed E-state index contributed by atoms with van der Waals surface area (Å²) >= 11 is 0. The molecule has 3 heterocycles. The molecule has 1 amide bonds. The number of para-hydroxylation sites is 1. The number of benzene rings is 3. The Morgan fingerprint density at radius 2 is 1.71 bits per heavy atom. The zero-order chi connectivity index (χ0) is 26.2. The van der Waals surface area contributed by atoms with Crippen molar-refractivity contribution >= 4 is 33.7 Å². The molecule has 8 nitrogen and oxygen atoms in total. The van der Waals surface area contributed by atoms with Crippen LogP contribution < -0.4 is 15.5 Å². The Hall–Kier alpha value is -5.31. The highest BCUT2D eigenvalue weighted by atomic mass is 19.1. The molecule has 9 heteroatoms. The average molecular weight is 506 g/mol. The molecule has 0 unspecified atom stereocenters. The van der Waals surface area contributed by atoms with E-state index in [1.807, 2.05) is 7.05 Å². The highest BCUT2D eigenvalue weighted by molar-refractivity contribution is 6.06. The molecule has 0 radical (unpaired) electrons. The number of rotatable bonds is 5. The number of carbonyl (C=O) groups excluding carboxylic acids is 1. The Balaban J connectivity index is 1.28. The van der Waals surface area contributed by atoms with E-state index in [9.17, 15) is 14.0 Å². The maximum Gasteiger partial charge on any atom is 0.261 e. The minimum absolute atomic E-state index is 0.0392. The van der Waals surface area contributed by atoms with Crippen molar-refractivity contribution in [3.63, 3.8) is 0 Å². The maximum absolute atomic E-state index is 13.5. The van der Waals surface area contributed by atoms with E-state index in [0.717, 1.165) is 0 Å². The number of hydrogen-bond donors (Lipinski definition) is 1. The zero-order valence-electron chi connectivity index (χ0n) is 20.1. The summed E-state index contributed by atoms with van der Waals surface area (Å²) in [5, 5.41) is 3.16. The molecule has 0 bridgehead atoms. The highest BCUT2D eigenvalue weighted by Crippen LogP contribution is 2.28. The monoisotopic (exact) mass is 505 g/mol. The summed E-state index contributed by atoms with van der Waals surface area (Å²) in [6, 6.07) is 21.3. The Bertz CT molecular complexity index is 1880. The van der Waals surface area contributed by atoms with Crippen LogP contribution in [0.1, 0.15) is 10.4 Å². The van der Waals surface area contributed by atoms with Crippen LogP contribution in [0.2, 0.25) is 0 Å². The van der Waals surface area contributed by atoms with Gasteiger partial charge in [-0.15, -0.1) is 0 Å². The fourth-order valence-corrected chi connectivity index (χ4v) is 4.27. The Morgan fingerprint density at radius 1 is 0.947 bits per heavy atom. The second-order valence-corrected chi connectivity index (χ2v) is 8.65. The average Bonchev–Trinajstić information content (AvgIpc) is 3.32. The summed E-state index contributed by atoms with van der Waals surface area (Å²) < 4.78 is 23.0. The van der Waals surface area contributed by atoms with Crippen molar-refractivity contribution in [3.8, 4) is 17.2 Å². The third-order valence-electron chi connectivity index (χ3n) is 6.16. The molecule has 38 heavy (non-hydrogen) atoms. The van der Waals surface area contributed by atoms with Crippen LogP contribution in [0.3, 0.4) is 0 Å². The van der Waals surface area contributed by atoms with E-state index >= 15 is 0 Å². The number of aryl methyl sites for hydroxylation is 1. The number of nitrogens with one attached hydrogen (secondary N) is 1. The molecule has 186 valence electrons. The predicted molar refractivity (Wildman–Crippen MR) is 142 cm³/mol. The lowest BCUT2D eigenvalue weighted by molar-refractivity contribution is 0.102. The van der Waals surface area contributed by atoms with Gasteiger partial charge in [0.05, 0.1) is 11.8 Å². The van der Waals surface area contributed by atoms with Crippen LogP contribution >= 0.6 is 0 Å². The molecular weight excluding hydrogens is 485 g/mol. The lowest BCUT2D eigenvalue weighted by Crippen LogP contribution is -2.23. The first-order valence-electron chi connectivity index (χ1n) is 11.7. The molecule has 6 aromatic rings. The van der Waals surface area contributed by atoms with Gasteiger partial charge in [0.15, 0.2) is 16.9 Å². The van der Waals surface area contributed by atoms with Gasteiger partial charge >= 0.3 is 0 Å². The quantitative estimate of drug-likeness (QED) is 0.336. The van der Waals surface area contributed by atoms with Gasteiger partial charge in [-0.2, -0.15) is 0 Å². The smallest absolute Gasteiger partial charge is 0.261 e. The molecule has 1 N–H and O–H groups in total. The van der Waals surface area contributed by atoms with Gasteiger partial charge < -0.3 is 19.2 Å². The molecule has 3 aromatic heterocycles. The number of nitrogens with zero attached hydrogens (tertiary/aromatic N) is 4. The molecule has 0 aliphatic carbocycles. The minimum atomic E-state index is -0.561. The Labute approximate surface area is 215 Å². The van der Waals surface area contributed by atoms with Crippen molar-refractivity contribution in [1.29, 1.82) is 0 Å². The Morgan fingerprint density at radius 3 is 2.50 bits per heavy atom. The van der Waals surface area contributed by atoms with Gasteiger partial charge in [-0.3, -0.25) is 9.59 Å².